The second-order valence-corrected chi connectivity index (χ2v) is 7.08. The minimum absolute atomic E-state index is 0.234. The van der Waals surface area contributed by atoms with Crippen molar-refractivity contribution < 1.29 is 0 Å². The monoisotopic (exact) mass is 285 g/mol. The quantitative estimate of drug-likeness (QED) is 0.599. The van der Waals surface area contributed by atoms with Crippen LogP contribution in [0.1, 0.15) is 26.3 Å². The molecule has 2 rings (SSSR count). The number of para-hydroxylation sites is 1. The Hall–Kier alpha value is -1.41. The van der Waals surface area contributed by atoms with E-state index in [4.69, 9.17) is 0 Å². The summed E-state index contributed by atoms with van der Waals surface area (Å²) < 4.78 is 0. The molecule has 0 spiro atoms. The molecule has 2 heteroatoms. The van der Waals surface area contributed by atoms with Gasteiger partial charge in [-0.3, -0.25) is 0 Å². The van der Waals surface area contributed by atoms with Crippen molar-refractivity contribution in [3.05, 3.63) is 60.2 Å². The van der Waals surface area contributed by atoms with Gasteiger partial charge < -0.3 is 5.32 Å². The molecule has 0 fully saturated rings. The third kappa shape index (κ3) is 4.61. The zero-order chi connectivity index (χ0) is 14.4. The second-order valence-electron chi connectivity index (χ2n) is 5.92. The highest BCUT2D eigenvalue weighted by Gasteiger charge is 2.12. The van der Waals surface area contributed by atoms with Crippen LogP contribution in [0.25, 0.3) is 0 Å². The summed E-state index contributed by atoms with van der Waals surface area (Å²) in [7, 11) is 0. The predicted octanol–water partition coefficient (Wildman–Crippen LogP) is 5.19. The lowest BCUT2D eigenvalue weighted by Gasteiger charge is -2.19. The Labute approximate surface area is 126 Å². The van der Waals surface area contributed by atoms with Crippen molar-refractivity contribution in [1.29, 1.82) is 0 Å². The van der Waals surface area contributed by atoms with Crippen LogP contribution in [0.4, 0.5) is 5.69 Å². The molecular weight excluding hydrogens is 262 g/mol. The zero-order valence-electron chi connectivity index (χ0n) is 12.5. The van der Waals surface area contributed by atoms with Gasteiger partial charge in [-0.2, -0.15) is 0 Å². The van der Waals surface area contributed by atoms with Gasteiger partial charge in [0.15, 0.2) is 0 Å². The highest BCUT2D eigenvalue weighted by molar-refractivity contribution is 7.99. The number of anilines is 1. The van der Waals surface area contributed by atoms with Crippen LogP contribution in [-0.4, -0.2) is 12.3 Å². The maximum atomic E-state index is 3.43. The summed E-state index contributed by atoms with van der Waals surface area (Å²) in [6, 6.07) is 19.3. The molecule has 0 aliphatic heterocycles. The van der Waals surface area contributed by atoms with Crippen molar-refractivity contribution in [2.75, 3.05) is 17.6 Å². The van der Waals surface area contributed by atoms with Gasteiger partial charge in [0, 0.05) is 22.9 Å². The number of hydrogen-bond acceptors (Lipinski definition) is 2. The van der Waals surface area contributed by atoms with Crippen LogP contribution in [-0.2, 0) is 5.41 Å². The topological polar surface area (TPSA) is 12.0 Å². The molecule has 0 heterocycles. The van der Waals surface area contributed by atoms with Crippen LogP contribution in [0, 0.1) is 0 Å². The normalized spacial score (nSPS) is 11.3. The van der Waals surface area contributed by atoms with Gasteiger partial charge in [0.05, 0.1) is 0 Å². The van der Waals surface area contributed by atoms with E-state index in [1.165, 1.54) is 16.1 Å². The Kier molecular flexibility index (Phi) is 5.13. The third-order valence-electron chi connectivity index (χ3n) is 3.19. The molecule has 0 saturated heterocycles. The van der Waals surface area contributed by atoms with Crippen molar-refractivity contribution in [2.45, 2.75) is 31.1 Å². The number of hydrogen-bond donors (Lipinski definition) is 1. The smallest absolute Gasteiger partial charge is 0.0340 e. The molecule has 0 amide bonds. The van der Waals surface area contributed by atoms with E-state index in [-0.39, 0.29) is 5.41 Å². The molecule has 106 valence electrons. The first-order chi connectivity index (χ1) is 9.55. The molecule has 0 radical (unpaired) electrons. The minimum atomic E-state index is 0.234. The average Bonchev–Trinajstić information content (AvgIpc) is 2.44. The molecule has 0 bridgehead atoms. The molecular formula is C18H23NS. The van der Waals surface area contributed by atoms with Crippen molar-refractivity contribution in [1.82, 2.24) is 0 Å². The van der Waals surface area contributed by atoms with E-state index in [0.29, 0.717) is 0 Å². The zero-order valence-corrected chi connectivity index (χ0v) is 13.3. The van der Waals surface area contributed by atoms with Gasteiger partial charge in [-0.15, -0.1) is 11.8 Å². The van der Waals surface area contributed by atoms with Crippen LogP contribution < -0.4 is 5.32 Å². The van der Waals surface area contributed by atoms with E-state index in [9.17, 15) is 0 Å². The van der Waals surface area contributed by atoms with Crippen LogP contribution >= 0.6 is 11.8 Å². The van der Waals surface area contributed by atoms with Gasteiger partial charge >= 0.3 is 0 Å². The van der Waals surface area contributed by atoms with Crippen LogP contribution in [0.3, 0.4) is 0 Å². The highest BCUT2D eigenvalue weighted by Crippen LogP contribution is 2.25. The van der Waals surface area contributed by atoms with Gasteiger partial charge in [-0.1, -0.05) is 51.1 Å². The first-order valence-electron chi connectivity index (χ1n) is 7.08. The summed E-state index contributed by atoms with van der Waals surface area (Å²) in [5, 5.41) is 3.43. The van der Waals surface area contributed by atoms with Gasteiger partial charge in [0.2, 0.25) is 0 Å². The van der Waals surface area contributed by atoms with Gasteiger partial charge in [-0.05, 0) is 35.2 Å². The standard InChI is InChI=1S/C18H23NS/c1-18(2,3)15-9-11-17(12-10-15)20-14-13-19-16-7-5-4-6-8-16/h4-12,19H,13-14H2,1-3H3. The highest BCUT2D eigenvalue weighted by atomic mass is 32.2. The van der Waals surface area contributed by atoms with Crippen LogP contribution in [0.2, 0.25) is 0 Å². The lowest BCUT2D eigenvalue weighted by molar-refractivity contribution is 0.590. The molecule has 0 aliphatic rings. The molecule has 2 aromatic carbocycles. The Bertz CT molecular complexity index is 511. The van der Waals surface area contributed by atoms with E-state index in [0.717, 1.165) is 12.3 Å². The van der Waals surface area contributed by atoms with Crippen LogP contribution in [0.15, 0.2) is 59.5 Å². The Morgan fingerprint density at radius 2 is 1.55 bits per heavy atom. The molecule has 2 aromatic rings. The summed E-state index contributed by atoms with van der Waals surface area (Å²) in [5.74, 6) is 1.07. The SMILES string of the molecule is CC(C)(C)c1ccc(SCCNc2ccccc2)cc1. The molecule has 0 unspecified atom stereocenters. The largest absolute Gasteiger partial charge is 0.384 e. The average molecular weight is 285 g/mol. The fraction of sp³-hybridized carbons (Fsp3) is 0.333. The number of thioether (sulfide) groups is 1. The van der Waals surface area contributed by atoms with Gasteiger partial charge in [0.1, 0.15) is 0 Å². The molecule has 20 heavy (non-hydrogen) atoms. The van der Waals surface area contributed by atoms with Crippen molar-refractivity contribution >= 4 is 17.4 Å². The molecule has 0 saturated carbocycles. The predicted molar refractivity (Wildman–Crippen MR) is 90.8 cm³/mol. The fourth-order valence-corrected chi connectivity index (χ4v) is 2.74. The Morgan fingerprint density at radius 1 is 0.900 bits per heavy atom. The Balaban J connectivity index is 1.77. The van der Waals surface area contributed by atoms with Crippen molar-refractivity contribution in [3.63, 3.8) is 0 Å². The molecule has 0 aromatic heterocycles. The summed E-state index contributed by atoms with van der Waals surface area (Å²) >= 11 is 1.90. The third-order valence-corrected chi connectivity index (χ3v) is 4.21. The Morgan fingerprint density at radius 3 is 2.15 bits per heavy atom. The molecule has 0 aliphatic carbocycles. The summed E-state index contributed by atoms with van der Waals surface area (Å²) in [6.45, 7) is 7.73. The lowest BCUT2D eigenvalue weighted by atomic mass is 9.87. The summed E-state index contributed by atoms with van der Waals surface area (Å²) in [5.41, 5.74) is 2.82. The van der Waals surface area contributed by atoms with Gasteiger partial charge in [0.25, 0.3) is 0 Å². The number of benzene rings is 2. The maximum absolute atomic E-state index is 3.43. The number of rotatable bonds is 5. The van der Waals surface area contributed by atoms with Crippen LogP contribution in [0.5, 0.6) is 0 Å². The first-order valence-corrected chi connectivity index (χ1v) is 8.06. The number of nitrogens with one attached hydrogen (secondary N) is 1. The minimum Gasteiger partial charge on any atom is -0.384 e. The van der Waals surface area contributed by atoms with Crippen molar-refractivity contribution in [2.24, 2.45) is 0 Å². The van der Waals surface area contributed by atoms with E-state index in [2.05, 4.69) is 74.6 Å². The molecule has 0 atom stereocenters. The summed E-state index contributed by atoms with van der Waals surface area (Å²) in [4.78, 5) is 1.34. The van der Waals surface area contributed by atoms with E-state index in [1.54, 1.807) is 0 Å². The van der Waals surface area contributed by atoms with E-state index in [1.807, 2.05) is 17.8 Å². The fourth-order valence-electron chi connectivity index (χ4n) is 1.97. The molecule has 1 N–H and O–H groups in total. The summed E-state index contributed by atoms with van der Waals surface area (Å²) in [6.07, 6.45) is 0. The molecule has 1 nitrogen and oxygen atoms in total. The van der Waals surface area contributed by atoms with E-state index < -0.39 is 0 Å². The maximum Gasteiger partial charge on any atom is 0.0340 e. The van der Waals surface area contributed by atoms with E-state index >= 15 is 0 Å². The van der Waals surface area contributed by atoms with Gasteiger partial charge in [-0.25, -0.2) is 0 Å². The second kappa shape index (κ2) is 6.85. The lowest BCUT2D eigenvalue weighted by Crippen LogP contribution is -2.10. The van der Waals surface area contributed by atoms with Crippen molar-refractivity contribution in [3.8, 4) is 0 Å². The first kappa shape index (κ1) is 15.0.